The lowest BCUT2D eigenvalue weighted by atomic mass is 9.92. The van der Waals surface area contributed by atoms with Crippen molar-refractivity contribution in [2.24, 2.45) is 11.8 Å². The van der Waals surface area contributed by atoms with Crippen LogP contribution in [0.5, 0.6) is 0 Å². The normalized spacial score (nSPS) is 25.5. The van der Waals surface area contributed by atoms with Gasteiger partial charge in [0.1, 0.15) is 28.9 Å². The molecule has 0 radical (unpaired) electrons. The SMILES string of the molecule is Cc1cc(N2C[C@H]3CC[C@@H](C2)[C@H]3Nc2nc(Cl)c3c(n2)N(c2ccc(F)cc2)C[C@H]3C)ncn1. The third-order valence-electron chi connectivity index (χ3n) is 7.47. The molecule has 2 aliphatic heterocycles. The lowest BCUT2D eigenvalue weighted by Gasteiger charge is -2.39. The first-order valence-corrected chi connectivity index (χ1v) is 12.2. The monoisotopic (exact) mass is 479 g/mol. The van der Waals surface area contributed by atoms with E-state index < -0.39 is 0 Å². The van der Waals surface area contributed by atoms with Crippen molar-refractivity contribution in [3.8, 4) is 0 Å². The predicted octanol–water partition coefficient (Wildman–Crippen LogP) is 4.95. The third kappa shape index (κ3) is 3.74. The van der Waals surface area contributed by atoms with Gasteiger partial charge < -0.3 is 15.1 Å². The van der Waals surface area contributed by atoms with Gasteiger partial charge in [-0.25, -0.2) is 19.3 Å². The van der Waals surface area contributed by atoms with E-state index in [2.05, 4.69) is 43.1 Å². The van der Waals surface area contributed by atoms with Crippen LogP contribution in [0.25, 0.3) is 0 Å². The quantitative estimate of drug-likeness (QED) is 0.531. The summed E-state index contributed by atoms with van der Waals surface area (Å²) in [4.78, 5) is 22.8. The molecule has 9 heteroatoms. The Morgan fingerprint density at radius 2 is 1.76 bits per heavy atom. The van der Waals surface area contributed by atoms with E-state index in [1.807, 2.05) is 6.92 Å². The molecule has 7 nitrogen and oxygen atoms in total. The van der Waals surface area contributed by atoms with Crippen LogP contribution in [-0.2, 0) is 0 Å². The lowest BCUT2D eigenvalue weighted by Crippen LogP contribution is -2.48. The van der Waals surface area contributed by atoms with Crippen LogP contribution in [0.2, 0.25) is 5.15 Å². The molecule has 1 aliphatic carbocycles. The van der Waals surface area contributed by atoms with Gasteiger partial charge in [0.25, 0.3) is 0 Å². The van der Waals surface area contributed by atoms with E-state index in [0.29, 0.717) is 29.0 Å². The van der Waals surface area contributed by atoms with Gasteiger partial charge in [0, 0.05) is 54.6 Å². The van der Waals surface area contributed by atoms with Crippen molar-refractivity contribution < 1.29 is 4.39 Å². The summed E-state index contributed by atoms with van der Waals surface area (Å²) in [5.74, 6) is 3.29. The maximum Gasteiger partial charge on any atom is 0.226 e. The largest absolute Gasteiger partial charge is 0.356 e. The lowest BCUT2D eigenvalue weighted by molar-refractivity contribution is 0.374. The Labute approximate surface area is 203 Å². The fourth-order valence-corrected chi connectivity index (χ4v) is 6.18. The van der Waals surface area contributed by atoms with Crippen molar-refractivity contribution in [1.82, 2.24) is 19.9 Å². The van der Waals surface area contributed by atoms with Crippen molar-refractivity contribution >= 4 is 34.9 Å². The van der Waals surface area contributed by atoms with E-state index in [9.17, 15) is 4.39 Å². The van der Waals surface area contributed by atoms with Crippen molar-refractivity contribution in [3.05, 3.63) is 58.9 Å². The van der Waals surface area contributed by atoms with E-state index in [1.54, 1.807) is 18.5 Å². The van der Waals surface area contributed by atoms with Gasteiger partial charge >= 0.3 is 0 Å². The Balaban J connectivity index is 1.25. The van der Waals surface area contributed by atoms with Gasteiger partial charge in [-0.05, 0) is 55.9 Å². The van der Waals surface area contributed by atoms with E-state index in [4.69, 9.17) is 16.6 Å². The van der Waals surface area contributed by atoms with E-state index >= 15 is 0 Å². The average Bonchev–Trinajstić information content (AvgIpc) is 3.25. The number of fused-ring (bicyclic) bond motifs is 3. The summed E-state index contributed by atoms with van der Waals surface area (Å²) in [6.45, 7) is 6.75. The molecule has 3 aromatic rings. The van der Waals surface area contributed by atoms with Crippen LogP contribution in [0.1, 0.15) is 36.9 Å². The molecule has 0 amide bonds. The zero-order chi connectivity index (χ0) is 23.4. The Bertz CT molecular complexity index is 1210. The molecule has 2 fully saturated rings. The van der Waals surface area contributed by atoms with Gasteiger partial charge in [0.2, 0.25) is 5.95 Å². The number of benzene rings is 1. The number of anilines is 4. The second-order valence-electron chi connectivity index (χ2n) is 9.75. The van der Waals surface area contributed by atoms with Crippen molar-refractivity contribution in [1.29, 1.82) is 0 Å². The van der Waals surface area contributed by atoms with Crippen LogP contribution in [0.4, 0.5) is 27.7 Å². The van der Waals surface area contributed by atoms with Gasteiger partial charge in [-0.3, -0.25) is 0 Å². The van der Waals surface area contributed by atoms with Crippen LogP contribution in [0.15, 0.2) is 36.7 Å². The maximum absolute atomic E-state index is 13.5. The Hall–Kier alpha value is -3.00. The number of nitrogens with zero attached hydrogens (tertiary/aromatic N) is 6. The molecule has 3 aliphatic rings. The van der Waals surface area contributed by atoms with E-state index in [0.717, 1.165) is 48.2 Å². The molecule has 176 valence electrons. The summed E-state index contributed by atoms with van der Waals surface area (Å²) in [5, 5.41) is 4.13. The van der Waals surface area contributed by atoms with Gasteiger partial charge in [0.05, 0.1) is 0 Å². The standard InChI is InChI=1S/C25H27ClFN7/c1-14-10-34(19-7-5-18(27)6-8-19)24-21(14)23(26)31-25(32-24)30-22-16-3-4-17(22)12-33(11-16)20-9-15(2)28-13-29-20/h5-9,13-14,16-17,22H,3-4,10-12H2,1-2H3,(H,30,31,32)/t14-,16-,17+,22+/m1/s1. The zero-order valence-electron chi connectivity index (χ0n) is 19.2. The molecule has 34 heavy (non-hydrogen) atoms. The Kier molecular flexibility index (Phi) is 5.28. The number of nitrogens with one attached hydrogen (secondary N) is 1. The third-order valence-corrected chi connectivity index (χ3v) is 7.75. The smallest absolute Gasteiger partial charge is 0.226 e. The first-order valence-electron chi connectivity index (χ1n) is 11.9. The molecule has 2 bridgehead atoms. The van der Waals surface area contributed by atoms with Gasteiger partial charge in [-0.2, -0.15) is 4.98 Å². The van der Waals surface area contributed by atoms with Crippen LogP contribution in [-0.4, -0.2) is 45.6 Å². The Morgan fingerprint density at radius 1 is 1.03 bits per heavy atom. The maximum atomic E-state index is 13.5. The predicted molar refractivity (Wildman–Crippen MR) is 131 cm³/mol. The minimum Gasteiger partial charge on any atom is -0.356 e. The Morgan fingerprint density at radius 3 is 2.47 bits per heavy atom. The minimum absolute atomic E-state index is 0.192. The number of aryl methyl sites for hydroxylation is 1. The zero-order valence-corrected chi connectivity index (χ0v) is 20.0. The summed E-state index contributed by atoms with van der Waals surface area (Å²) in [6, 6.07) is 8.87. The van der Waals surface area contributed by atoms with E-state index in [1.165, 1.54) is 25.0 Å². The molecule has 4 heterocycles. The fraction of sp³-hybridized carbons (Fsp3) is 0.440. The minimum atomic E-state index is -0.252. The van der Waals surface area contributed by atoms with Crippen LogP contribution in [0, 0.1) is 24.6 Å². The molecule has 0 unspecified atom stereocenters. The van der Waals surface area contributed by atoms with Crippen molar-refractivity contribution in [2.45, 2.75) is 38.6 Å². The van der Waals surface area contributed by atoms with Gasteiger partial charge in [0.15, 0.2) is 0 Å². The topological polar surface area (TPSA) is 70.1 Å². The average molecular weight is 480 g/mol. The molecule has 2 aromatic heterocycles. The van der Waals surface area contributed by atoms with Crippen LogP contribution >= 0.6 is 11.6 Å². The highest BCUT2D eigenvalue weighted by Gasteiger charge is 2.43. The molecule has 1 aromatic carbocycles. The van der Waals surface area contributed by atoms with Crippen molar-refractivity contribution in [2.75, 3.05) is 34.8 Å². The first-order chi connectivity index (χ1) is 16.5. The summed E-state index contributed by atoms with van der Waals surface area (Å²) in [7, 11) is 0. The number of aromatic nitrogens is 4. The highest BCUT2D eigenvalue weighted by Crippen LogP contribution is 2.44. The molecule has 6 rings (SSSR count). The van der Waals surface area contributed by atoms with Gasteiger partial charge in [-0.15, -0.1) is 0 Å². The molecule has 1 saturated heterocycles. The summed E-state index contributed by atoms with van der Waals surface area (Å²) in [6.07, 6.45) is 3.98. The highest BCUT2D eigenvalue weighted by molar-refractivity contribution is 6.30. The molecule has 4 atom stereocenters. The fourth-order valence-electron chi connectivity index (χ4n) is 5.83. The molecule has 0 spiro atoms. The number of hydrogen-bond donors (Lipinski definition) is 1. The van der Waals surface area contributed by atoms with E-state index in [-0.39, 0.29) is 11.7 Å². The summed E-state index contributed by atoms with van der Waals surface area (Å²) >= 11 is 6.67. The molecular formula is C25H27ClFN7. The number of rotatable bonds is 4. The highest BCUT2D eigenvalue weighted by atomic mass is 35.5. The molecular weight excluding hydrogens is 453 g/mol. The first kappa shape index (κ1) is 21.5. The van der Waals surface area contributed by atoms with Crippen LogP contribution < -0.4 is 15.1 Å². The van der Waals surface area contributed by atoms with Crippen LogP contribution in [0.3, 0.4) is 0 Å². The van der Waals surface area contributed by atoms with Gasteiger partial charge in [-0.1, -0.05) is 18.5 Å². The second-order valence-corrected chi connectivity index (χ2v) is 10.1. The summed E-state index contributed by atoms with van der Waals surface area (Å²) < 4.78 is 13.5. The number of hydrogen-bond acceptors (Lipinski definition) is 7. The molecule has 1 N–H and O–H groups in total. The summed E-state index contributed by atoms with van der Waals surface area (Å²) in [5.41, 5.74) is 2.84. The number of piperidine rings is 1. The number of halogens is 2. The van der Waals surface area contributed by atoms with Crippen molar-refractivity contribution in [3.63, 3.8) is 0 Å². The molecule has 1 saturated carbocycles. The second kappa shape index (κ2) is 8.34.